The third-order valence-corrected chi connectivity index (χ3v) is 1.65. The van der Waals surface area contributed by atoms with Crippen LogP contribution < -0.4 is 0 Å². The van der Waals surface area contributed by atoms with E-state index in [1.54, 1.807) is 4.90 Å². The highest BCUT2D eigenvalue weighted by molar-refractivity contribution is 4.91. The van der Waals surface area contributed by atoms with Gasteiger partial charge < -0.3 is 10.0 Å². The number of likely N-dealkylation sites (tertiary alicyclic amines) is 1. The average molecular weight is 125 g/mol. The summed E-state index contributed by atoms with van der Waals surface area (Å²) in [4.78, 5) is 1.63. The quantitative estimate of drug-likeness (QED) is 0.469. The van der Waals surface area contributed by atoms with E-state index in [0.29, 0.717) is 5.92 Å². The summed E-state index contributed by atoms with van der Waals surface area (Å²) < 4.78 is 0. The van der Waals surface area contributed by atoms with Gasteiger partial charge in [0.25, 0.3) is 0 Å². The molecule has 9 heavy (non-hydrogen) atoms. The van der Waals surface area contributed by atoms with Gasteiger partial charge in [-0.1, -0.05) is 13.3 Å². The zero-order valence-corrected chi connectivity index (χ0v) is 5.54. The maximum atomic E-state index is 9.14. The molecule has 2 nitrogen and oxygen atoms in total. The maximum Gasteiger partial charge on any atom is 0.134 e. The molecule has 1 heterocycles. The molecule has 2 atom stereocenters. The third-order valence-electron chi connectivity index (χ3n) is 1.65. The van der Waals surface area contributed by atoms with Crippen LogP contribution in [0.25, 0.3) is 0 Å². The van der Waals surface area contributed by atoms with Crippen LogP contribution in [0.15, 0.2) is 0 Å². The lowest BCUT2D eigenvalue weighted by atomic mass is 10.1. The molecule has 50 valence electrons. The van der Waals surface area contributed by atoms with Crippen LogP contribution in [0.1, 0.15) is 13.3 Å². The second-order valence-corrected chi connectivity index (χ2v) is 2.60. The van der Waals surface area contributed by atoms with Crippen LogP contribution in [-0.2, 0) is 0 Å². The zero-order chi connectivity index (χ0) is 6.85. The number of aliphatic hydroxyl groups is 1. The Morgan fingerprint density at radius 1 is 1.78 bits per heavy atom. The molecule has 1 fully saturated rings. The molecule has 0 aromatic rings. The van der Waals surface area contributed by atoms with E-state index >= 15 is 0 Å². The molecule has 1 aliphatic heterocycles. The first-order valence-corrected chi connectivity index (χ1v) is 3.15. The maximum absolute atomic E-state index is 9.14. The Kier molecular flexibility index (Phi) is 1.63. The van der Waals surface area contributed by atoms with E-state index in [1.807, 2.05) is 0 Å². The number of hydrogen-bond donors (Lipinski definition) is 1. The predicted molar refractivity (Wildman–Crippen MR) is 35.3 cm³/mol. The predicted octanol–water partition coefficient (Wildman–Crippen LogP) is 0.237. The van der Waals surface area contributed by atoms with Crippen molar-refractivity contribution in [3.05, 3.63) is 0 Å². The normalized spacial score (nSPS) is 34.6. The molecular formula is C7H11NO. The number of hydrogen-bond acceptors (Lipinski definition) is 2. The Morgan fingerprint density at radius 2 is 2.44 bits per heavy atom. The van der Waals surface area contributed by atoms with Gasteiger partial charge in [-0.15, -0.1) is 0 Å². The average Bonchev–Trinajstić information content (AvgIpc) is 2.10. The van der Waals surface area contributed by atoms with Gasteiger partial charge in [-0.05, 0) is 12.3 Å². The van der Waals surface area contributed by atoms with Gasteiger partial charge in [0, 0.05) is 12.6 Å². The Labute approximate surface area is 55.5 Å². The number of nitrogens with zero attached hydrogens (tertiary/aromatic N) is 1. The minimum Gasteiger partial charge on any atom is -0.373 e. The smallest absolute Gasteiger partial charge is 0.134 e. The fraction of sp³-hybridized carbons (Fsp3) is 0.714. The molecule has 0 saturated carbocycles. The summed E-state index contributed by atoms with van der Waals surface area (Å²) in [5, 5.41) is 9.14. The fourth-order valence-corrected chi connectivity index (χ4v) is 1.16. The van der Waals surface area contributed by atoms with Crippen molar-refractivity contribution in [1.29, 1.82) is 0 Å². The second-order valence-electron chi connectivity index (χ2n) is 2.60. The van der Waals surface area contributed by atoms with Crippen molar-refractivity contribution in [3.63, 3.8) is 0 Å². The minimum absolute atomic E-state index is 0.398. The van der Waals surface area contributed by atoms with Crippen molar-refractivity contribution in [1.82, 2.24) is 4.90 Å². The van der Waals surface area contributed by atoms with Crippen LogP contribution in [0.3, 0.4) is 0 Å². The van der Waals surface area contributed by atoms with E-state index < -0.39 is 6.23 Å². The van der Waals surface area contributed by atoms with Crippen molar-refractivity contribution in [3.8, 4) is 12.5 Å². The molecule has 0 bridgehead atoms. The SMILES string of the molecule is C#CN1CC(C)CC1O. The molecule has 1 aliphatic rings. The Morgan fingerprint density at radius 3 is 2.67 bits per heavy atom. The molecular weight excluding hydrogens is 114 g/mol. The topological polar surface area (TPSA) is 23.5 Å². The van der Waals surface area contributed by atoms with Gasteiger partial charge in [0.2, 0.25) is 0 Å². The molecule has 2 unspecified atom stereocenters. The van der Waals surface area contributed by atoms with Crippen molar-refractivity contribution >= 4 is 0 Å². The third kappa shape index (κ3) is 1.17. The molecule has 1 rings (SSSR count). The van der Waals surface area contributed by atoms with Gasteiger partial charge in [-0.3, -0.25) is 0 Å². The summed E-state index contributed by atoms with van der Waals surface area (Å²) >= 11 is 0. The molecule has 1 saturated heterocycles. The summed E-state index contributed by atoms with van der Waals surface area (Å²) in [5.74, 6) is 0.538. The number of rotatable bonds is 0. The van der Waals surface area contributed by atoms with Gasteiger partial charge in [-0.2, -0.15) is 0 Å². The van der Waals surface area contributed by atoms with Crippen LogP contribution in [0.2, 0.25) is 0 Å². The monoisotopic (exact) mass is 125 g/mol. The molecule has 0 aliphatic carbocycles. The number of aliphatic hydroxyl groups excluding tert-OH is 1. The summed E-state index contributed by atoms with van der Waals surface area (Å²) in [7, 11) is 0. The molecule has 1 N–H and O–H groups in total. The highest BCUT2D eigenvalue weighted by Gasteiger charge is 2.24. The van der Waals surface area contributed by atoms with Crippen molar-refractivity contribution < 1.29 is 5.11 Å². The molecule has 0 aromatic heterocycles. The lowest BCUT2D eigenvalue weighted by molar-refractivity contribution is 0.0789. The van der Waals surface area contributed by atoms with Crippen LogP contribution >= 0.6 is 0 Å². The lowest BCUT2D eigenvalue weighted by Crippen LogP contribution is -2.23. The van der Waals surface area contributed by atoms with Gasteiger partial charge in [0.05, 0.1) is 0 Å². The van der Waals surface area contributed by atoms with E-state index in [2.05, 4.69) is 13.0 Å². The van der Waals surface area contributed by atoms with E-state index in [4.69, 9.17) is 11.5 Å². The van der Waals surface area contributed by atoms with Crippen molar-refractivity contribution in [2.75, 3.05) is 6.54 Å². The molecule has 0 aromatic carbocycles. The fourth-order valence-electron chi connectivity index (χ4n) is 1.16. The highest BCUT2D eigenvalue weighted by atomic mass is 16.3. The van der Waals surface area contributed by atoms with Crippen molar-refractivity contribution in [2.45, 2.75) is 19.6 Å². The highest BCUT2D eigenvalue weighted by Crippen LogP contribution is 2.18. The van der Waals surface area contributed by atoms with Crippen molar-refractivity contribution in [2.24, 2.45) is 5.92 Å². The Hall–Kier alpha value is -0.680. The second kappa shape index (κ2) is 2.28. The molecule has 0 spiro atoms. The van der Waals surface area contributed by atoms with Crippen LogP contribution in [0.4, 0.5) is 0 Å². The standard InChI is InChI=1S/C7H11NO/c1-3-8-5-6(2)4-7(8)9/h1,6-7,9H,4-5H2,2H3. The van der Waals surface area contributed by atoms with Gasteiger partial charge >= 0.3 is 0 Å². The van der Waals surface area contributed by atoms with Crippen LogP contribution in [0.5, 0.6) is 0 Å². The minimum atomic E-state index is -0.398. The zero-order valence-electron chi connectivity index (χ0n) is 5.54. The molecule has 0 radical (unpaired) electrons. The summed E-state index contributed by atoms with van der Waals surface area (Å²) in [6.07, 6.45) is 5.51. The summed E-state index contributed by atoms with van der Waals surface area (Å²) in [6, 6.07) is 2.43. The first-order chi connectivity index (χ1) is 4.24. The Bertz CT molecular complexity index is 138. The van der Waals surface area contributed by atoms with Gasteiger partial charge in [0.15, 0.2) is 0 Å². The number of terminal acetylenes is 1. The molecule has 0 amide bonds. The first-order valence-electron chi connectivity index (χ1n) is 3.15. The summed E-state index contributed by atoms with van der Waals surface area (Å²) in [5.41, 5.74) is 0. The van der Waals surface area contributed by atoms with E-state index in [1.165, 1.54) is 0 Å². The lowest BCUT2D eigenvalue weighted by Gasteiger charge is -2.12. The Balaban J connectivity index is 2.50. The van der Waals surface area contributed by atoms with Crippen LogP contribution in [0, 0.1) is 18.4 Å². The van der Waals surface area contributed by atoms with E-state index in [9.17, 15) is 0 Å². The largest absolute Gasteiger partial charge is 0.373 e. The summed E-state index contributed by atoms with van der Waals surface area (Å²) in [6.45, 7) is 2.91. The van der Waals surface area contributed by atoms with Gasteiger partial charge in [0.1, 0.15) is 6.23 Å². The van der Waals surface area contributed by atoms with Gasteiger partial charge in [-0.25, -0.2) is 0 Å². The van der Waals surface area contributed by atoms with E-state index in [-0.39, 0.29) is 0 Å². The van der Waals surface area contributed by atoms with Crippen LogP contribution in [-0.4, -0.2) is 22.8 Å². The first kappa shape index (κ1) is 6.44. The van der Waals surface area contributed by atoms with E-state index in [0.717, 1.165) is 13.0 Å². The molecule has 2 heteroatoms.